The van der Waals surface area contributed by atoms with Gasteiger partial charge in [0.1, 0.15) is 0 Å². The second-order valence-electron chi connectivity index (χ2n) is 3.13. The number of hydrogen-bond acceptors (Lipinski definition) is 0. The van der Waals surface area contributed by atoms with Crippen LogP contribution in [0.25, 0.3) is 0 Å². The van der Waals surface area contributed by atoms with Crippen LogP contribution in [0.1, 0.15) is 12.8 Å². The maximum atomic E-state index is 7.50. The molecule has 98 valence electrons. The molecule has 0 saturated heterocycles. The SMILES string of the molecule is [C-]#[O+].[C-]#[O+].[C-]#[O+].[CH3][Sn]([CH3])[CH3].[CH]1C=CC=CCC1.[Cr]. The quantitative estimate of drug-likeness (QED) is 0.345. The molecule has 0 aromatic rings. The van der Waals surface area contributed by atoms with Crippen LogP contribution in [0.4, 0.5) is 0 Å². The third-order valence-corrected chi connectivity index (χ3v) is 0.994. The normalized spacial score (nSPS) is 9.89. The van der Waals surface area contributed by atoms with Crippen molar-refractivity contribution in [2.45, 2.75) is 27.7 Å². The van der Waals surface area contributed by atoms with Gasteiger partial charge in [0.25, 0.3) is 0 Å². The molecule has 2 radical (unpaired) electrons. The van der Waals surface area contributed by atoms with Gasteiger partial charge in [0.15, 0.2) is 0 Å². The van der Waals surface area contributed by atoms with E-state index in [1.165, 1.54) is 12.8 Å². The zero-order valence-corrected chi connectivity index (χ0v) is 15.1. The monoisotopic (exact) mass is 394 g/mol. The molecule has 0 fully saturated rings. The van der Waals surface area contributed by atoms with Crippen LogP contribution in [0.5, 0.6) is 0 Å². The average Bonchev–Trinajstić information content (AvgIpc) is 2.68. The smallest absolute Gasteiger partial charge is 0 e. The summed E-state index contributed by atoms with van der Waals surface area (Å²) in [5.74, 6) is 0. The second kappa shape index (κ2) is 43.5. The Morgan fingerprint density at radius 3 is 1.56 bits per heavy atom. The molecule has 1 rings (SSSR count). The van der Waals surface area contributed by atoms with E-state index in [0.717, 1.165) is 0 Å². The summed E-state index contributed by atoms with van der Waals surface area (Å²) in [4.78, 5) is 7.09. The molecule has 0 amide bonds. The summed E-state index contributed by atoms with van der Waals surface area (Å²) in [6.07, 6.45) is 13.0. The molecule has 0 unspecified atom stereocenters. The van der Waals surface area contributed by atoms with Gasteiger partial charge in [-0.2, -0.15) is 0 Å². The fourth-order valence-corrected chi connectivity index (χ4v) is 0.606. The van der Waals surface area contributed by atoms with Gasteiger partial charge in [0.2, 0.25) is 0 Å². The minimum atomic E-state index is -0.543. The van der Waals surface area contributed by atoms with Crippen LogP contribution in [0.3, 0.4) is 0 Å². The Hall–Kier alpha value is 0.0312. The number of allylic oxidation sites excluding steroid dienone is 4. The summed E-state index contributed by atoms with van der Waals surface area (Å²) in [5, 5.41) is 0. The van der Waals surface area contributed by atoms with Crippen molar-refractivity contribution in [2.24, 2.45) is 0 Å². The van der Waals surface area contributed by atoms with Crippen molar-refractivity contribution >= 4 is 19.8 Å². The van der Waals surface area contributed by atoms with Crippen molar-refractivity contribution in [1.29, 1.82) is 0 Å². The Morgan fingerprint density at radius 2 is 1.17 bits per heavy atom. The van der Waals surface area contributed by atoms with E-state index in [4.69, 9.17) is 14.0 Å². The minimum Gasteiger partial charge on any atom is -0.0845 e. The molecule has 0 atom stereocenters. The van der Waals surface area contributed by atoms with Crippen LogP contribution in [0.2, 0.25) is 14.8 Å². The first-order valence-corrected chi connectivity index (χ1v) is 13.3. The molecule has 1 aliphatic rings. The molecule has 0 N–H and O–H groups in total. The van der Waals surface area contributed by atoms with Gasteiger partial charge in [-0.15, -0.1) is 0 Å². The van der Waals surface area contributed by atoms with E-state index in [0.29, 0.717) is 0 Å². The molecule has 0 spiro atoms. The predicted octanol–water partition coefficient (Wildman–Crippen LogP) is 3.35. The van der Waals surface area contributed by atoms with Gasteiger partial charge in [0, 0.05) is 17.4 Å². The van der Waals surface area contributed by atoms with Gasteiger partial charge >= 0.3 is 68.5 Å². The Labute approximate surface area is 129 Å². The molecule has 5 heteroatoms. The van der Waals surface area contributed by atoms with E-state index in [2.05, 4.69) is 65.5 Å². The molecule has 0 aliphatic heterocycles. The van der Waals surface area contributed by atoms with E-state index in [1.54, 1.807) is 0 Å². The fraction of sp³-hybridized carbons (Fsp3) is 0.385. The second-order valence-corrected chi connectivity index (χ2v) is 11.7. The predicted molar refractivity (Wildman–Crippen MR) is 66.9 cm³/mol. The van der Waals surface area contributed by atoms with Crippen LogP contribution < -0.4 is 0 Å². The number of rotatable bonds is 0. The minimum absolute atomic E-state index is 0. The van der Waals surface area contributed by atoms with E-state index in [9.17, 15) is 0 Å². The van der Waals surface area contributed by atoms with Crippen LogP contribution in [-0.2, 0) is 31.3 Å². The van der Waals surface area contributed by atoms with Crippen molar-refractivity contribution in [3.05, 3.63) is 50.7 Å². The molecule has 0 saturated carbocycles. The van der Waals surface area contributed by atoms with E-state index >= 15 is 0 Å². The van der Waals surface area contributed by atoms with Crippen molar-refractivity contribution in [3.8, 4) is 0 Å². The van der Waals surface area contributed by atoms with Gasteiger partial charge in [0.05, 0.1) is 0 Å². The van der Waals surface area contributed by atoms with Crippen LogP contribution in [0.15, 0.2) is 24.3 Å². The first-order chi connectivity index (χ1) is 8.23. The van der Waals surface area contributed by atoms with E-state index in [-0.39, 0.29) is 17.4 Å². The van der Waals surface area contributed by atoms with Gasteiger partial charge in [-0.1, -0.05) is 24.3 Å². The maximum absolute atomic E-state index is 7.50. The zero-order valence-electron chi connectivity index (χ0n) is 10.9. The first kappa shape index (κ1) is 30.8. The van der Waals surface area contributed by atoms with E-state index in [1.807, 2.05) is 0 Å². The fourth-order valence-electron chi connectivity index (χ4n) is 0.606. The summed E-state index contributed by atoms with van der Waals surface area (Å²) in [5.41, 5.74) is 0. The molecule has 1 aliphatic carbocycles. The van der Waals surface area contributed by atoms with Crippen molar-refractivity contribution < 1.29 is 31.3 Å². The molecule has 3 nitrogen and oxygen atoms in total. The van der Waals surface area contributed by atoms with Crippen LogP contribution >= 0.6 is 0 Å². The maximum Gasteiger partial charge on any atom is 0 e. The Balaban J connectivity index is -0.0000000450. The molecule has 0 aromatic carbocycles. The van der Waals surface area contributed by atoms with Gasteiger partial charge in [-0.05, 0) is 19.3 Å². The Morgan fingerprint density at radius 1 is 0.778 bits per heavy atom. The van der Waals surface area contributed by atoms with Crippen molar-refractivity contribution in [3.63, 3.8) is 0 Å². The van der Waals surface area contributed by atoms with Crippen LogP contribution in [-0.4, -0.2) is 19.8 Å². The number of hydrogen-bond donors (Lipinski definition) is 0. The van der Waals surface area contributed by atoms with Gasteiger partial charge in [-0.25, -0.2) is 0 Å². The summed E-state index contributed by atoms with van der Waals surface area (Å²) >= 11 is -0.543. The van der Waals surface area contributed by atoms with Crippen molar-refractivity contribution in [1.82, 2.24) is 0 Å². The largest absolute Gasteiger partial charge is 0.0845 e. The first-order valence-electron chi connectivity index (χ1n) is 4.76. The standard InChI is InChI=1S/C7H9.3CO.3CH3.Cr.Sn/c1-2-4-6-7-5-3-1;3*1-2;;;;;/h1-5H,6-7H2;;;;3*1H3;;. The summed E-state index contributed by atoms with van der Waals surface area (Å²) in [6.45, 7) is 13.5. The molecular formula is C13H18CrO3Sn. The third kappa shape index (κ3) is 73.3. The zero-order chi connectivity index (χ0) is 14.5. The third-order valence-electron chi connectivity index (χ3n) is 0.994. The Bertz CT molecular complexity index is 201. The molecule has 18 heavy (non-hydrogen) atoms. The molecule has 0 bridgehead atoms. The molecular weight excluding hydrogens is 375 g/mol. The van der Waals surface area contributed by atoms with Crippen LogP contribution in [0, 0.1) is 26.4 Å². The van der Waals surface area contributed by atoms with Gasteiger partial charge in [-0.3, -0.25) is 0 Å². The average molecular weight is 393 g/mol. The van der Waals surface area contributed by atoms with E-state index < -0.39 is 19.8 Å². The van der Waals surface area contributed by atoms with Crippen molar-refractivity contribution in [2.75, 3.05) is 0 Å². The molecule has 0 heterocycles. The summed E-state index contributed by atoms with van der Waals surface area (Å²) in [6, 6.07) is 0. The van der Waals surface area contributed by atoms with Gasteiger partial charge < -0.3 is 0 Å². The summed E-state index contributed by atoms with van der Waals surface area (Å²) in [7, 11) is 0. The Kier molecular flexibility index (Phi) is 74.4. The topological polar surface area (TPSA) is 59.7 Å². The summed E-state index contributed by atoms with van der Waals surface area (Å²) < 4.78 is 22.5. The molecule has 0 aromatic heterocycles.